The average molecular weight is 386 g/mol. The van der Waals surface area contributed by atoms with Crippen LogP contribution in [0, 0.1) is 0 Å². The maximum atomic E-state index is 11.3. The lowest BCUT2D eigenvalue weighted by Gasteiger charge is -2.16. The summed E-state index contributed by atoms with van der Waals surface area (Å²) < 4.78 is 4.60. The third-order valence-corrected chi connectivity index (χ3v) is 2.09. The molecule has 0 aliphatic rings. The Bertz CT molecular complexity index is 555. The van der Waals surface area contributed by atoms with Crippen molar-refractivity contribution >= 4 is 12.1 Å². The Labute approximate surface area is 160 Å². The van der Waals surface area contributed by atoms with Crippen molar-refractivity contribution < 1.29 is 38.9 Å². The Kier molecular flexibility index (Phi) is 10.6. The predicted octanol–water partition coefficient (Wildman–Crippen LogP) is 4.78. The van der Waals surface area contributed by atoms with Crippen LogP contribution >= 0.6 is 0 Å². The fraction of sp³-hybridized carbons (Fsp3) is 0.579. The Morgan fingerprint density at radius 2 is 1.33 bits per heavy atom. The van der Waals surface area contributed by atoms with Crippen molar-refractivity contribution in [3.63, 3.8) is 0 Å². The molecule has 0 spiro atoms. The normalized spacial score (nSPS) is 11.3. The number of carbonyl (C=O) groups is 2. The lowest BCUT2D eigenvalue weighted by Crippen LogP contribution is -2.21. The van der Waals surface area contributed by atoms with Crippen LogP contribution in [0.1, 0.15) is 65.7 Å². The van der Waals surface area contributed by atoms with E-state index in [0.29, 0.717) is 5.56 Å². The Balaban J connectivity index is 0.000000503. The van der Waals surface area contributed by atoms with E-state index >= 15 is 0 Å². The molecular weight excluding hydrogens is 356 g/mol. The van der Waals surface area contributed by atoms with E-state index in [0.717, 1.165) is 0 Å². The first kappa shape index (κ1) is 24.8. The molecule has 0 bridgehead atoms. The zero-order valence-corrected chi connectivity index (χ0v) is 17.2. The summed E-state index contributed by atoms with van der Waals surface area (Å²) >= 11 is 0. The summed E-state index contributed by atoms with van der Waals surface area (Å²) in [5.74, 6) is -0.472. The monoisotopic (exact) mass is 386 g/mol. The molecule has 0 atom stereocenters. The van der Waals surface area contributed by atoms with Gasteiger partial charge in [0.15, 0.2) is 0 Å². The minimum atomic E-state index is -0.917. The first-order valence-electron chi connectivity index (χ1n) is 8.48. The number of hydrogen-bond acceptors (Lipinski definition) is 8. The second-order valence-corrected chi connectivity index (χ2v) is 7.70. The second kappa shape index (κ2) is 11.5. The van der Waals surface area contributed by atoms with Gasteiger partial charge in [0, 0.05) is 0 Å². The Morgan fingerprint density at radius 1 is 0.815 bits per heavy atom. The van der Waals surface area contributed by atoms with Crippen LogP contribution in [-0.4, -0.2) is 29.4 Å². The molecule has 0 heterocycles. The van der Waals surface area contributed by atoms with Crippen LogP contribution in [0.25, 0.3) is 0 Å². The van der Waals surface area contributed by atoms with E-state index in [4.69, 9.17) is 4.89 Å². The van der Waals surface area contributed by atoms with Crippen molar-refractivity contribution in [3.8, 4) is 0 Å². The van der Waals surface area contributed by atoms with Crippen molar-refractivity contribution in [3.05, 3.63) is 35.9 Å². The van der Waals surface area contributed by atoms with E-state index in [9.17, 15) is 9.59 Å². The van der Waals surface area contributed by atoms with Gasteiger partial charge < -0.3 is 4.74 Å². The standard InChI is InChI=1S/C11H14O3.C8H16O5/c1-11(2,3)14-13-10(12)9-7-5-4-6-8-9;1-6(2)10-7(9)11-13-12-8(3,4)5/h4-8H,1-3H3;6H,1-5H3. The van der Waals surface area contributed by atoms with Gasteiger partial charge in [-0.1, -0.05) is 18.2 Å². The summed E-state index contributed by atoms with van der Waals surface area (Å²) in [6, 6.07) is 8.73. The van der Waals surface area contributed by atoms with Crippen molar-refractivity contribution in [1.82, 2.24) is 0 Å². The molecule has 8 heteroatoms. The summed E-state index contributed by atoms with van der Waals surface area (Å²) in [5.41, 5.74) is -0.528. The molecule has 0 saturated carbocycles. The zero-order chi connectivity index (χ0) is 21.1. The minimum Gasteiger partial charge on any atom is -0.430 e. The average Bonchev–Trinajstić information content (AvgIpc) is 2.51. The highest BCUT2D eigenvalue weighted by Gasteiger charge is 2.16. The van der Waals surface area contributed by atoms with Crippen LogP contribution in [0.15, 0.2) is 30.3 Å². The fourth-order valence-electron chi connectivity index (χ4n) is 1.14. The first-order chi connectivity index (χ1) is 12.3. The van der Waals surface area contributed by atoms with Crippen LogP contribution in [0.3, 0.4) is 0 Å². The highest BCUT2D eigenvalue weighted by Crippen LogP contribution is 2.10. The number of benzene rings is 1. The number of ether oxygens (including phenoxy) is 1. The molecule has 1 rings (SSSR count). The number of carbonyl (C=O) groups excluding carboxylic acids is 2. The van der Waals surface area contributed by atoms with Crippen LogP contribution in [0.2, 0.25) is 0 Å². The van der Waals surface area contributed by atoms with Crippen molar-refractivity contribution in [1.29, 1.82) is 0 Å². The molecule has 0 unspecified atom stereocenters. The first-order valence-corrected chi connectivity index (χ1v) is 8.48. The van der Waals surface area contributed by atoms with Gasteiger partial charge in [0.2, 0.25) is 0 Å². The smallest absolute Gasteiger partial charge is 0.430 e. The summed E-state index contributed by atoms with van der Waals surface area (Å²) in [4.78, 5) is 40.4. The van der Waals surface area contributed by atoms with E-state index in [2.05, 4.69) is 24.4 Å². The van der Waals surface area contributed by atoms with Gasteiger partial charge in [-0.05, 0) is 72.6 Å². The van der Waals surface area contributed by atoms with Gasteiger partial charge in [0.1, 0.15) is 5.60 Å². The Morgan fingerprint density at radius 3 is 1.78 bits per heavy atom. The van der Waals surface area contributed by atoms with Gasteiger partial charge in [-0.2, -0.15) is 9.78 Å². The third kappa shape index (κ3) is 15.8. The fourth-order valence-corrected chi connectivity index (χ4v) is 1.14. The molecule has 0 amide bonds. The van der Waals surface area contributed by atoms with Crippen molar-refractivity contribution in [2.24, 2.45) is 0 Å². The van der Waals surface area contributed by atoms with E-state index in [-0.39, 0.29) is 6.10 Å². The molecule has 0 aromatic heterocycles. The number of hydrogen-bond donors (Lipinski definition) is 0. The third-order valence-electron chi connectivity index (χ3n) is 2.09. The molecule has 0 saturated heterocycles. The molecule has 27 heavy (non-hydrogen) atoms. The van der Waals surface area contributed by atoms with Gasteiger partial charge in [-0.15, -0.1) is 0 Å². The second-order valence-electron chi connectivity index (χ2n) is 7.70. The predicted molar refractivity (Wildman–Crippen MR) is 97.3 cm³/mol. The van der Waals surface area contributed by atoms with Gasteiger partial charge in [-0.25, -0.2) is 14.5 Å². The quantitative estimate of drug-likeness (QED) is 0.406. The molecular formula is C19H30O8. The SMILES string of the molecule is CC(C)(C)OOC(=O)c1ccccc1.CC(C)OC(=O)OOOC(C)(C)C. The summed E-state index contributed by atoms with van der Waals surface area (Å²) in [6.45, 7) is 14.1. The van der Waals surface area contributed by atoms with Gasteiger partial charge in [0.25, 0.3) is 0 Å². The molecule has 1 aromatic carbocycles. The summed E-state index contributed by atoms with van der Waals surface area (Å²) in [7, 11) is 0. The topological polar surface area (TPSA) is 89.5 Å². The molecule has 1 aromatic rings. The lowest BCUT2D eigenvalue weighted by atomic mass is 10.2. The molecule has 8 nitrogen and oxygen atoms in total. The van der Waals surface area contributed by atoms with Crippen molar-refractivity contribution in [2.45, 2.75) is 72.7 Å². The van der Waals surface area contributed by atoms with Crippen LogP contribution in [0.4, 0.5) is 4.79 Å². The lowest BCUT2D eigenvalue weighted by molar-refractivity contribution is -0.514. The van der Waals surface area contributed by atoms with Crippen molar-refractivity contribution in [2.75, 3.05) is 0 Å². The maximum Gasteiger partial charge on any atom is 0.542 e. The summed E-state index contributed by atoms with van der Waals surface area (Å²) in [6.07, 6.45) is -1.16. The highest BCUT2D eigenvalue weighted by molar-refractivity contribution is 5.88. The van der Waals surface area contributed by atoms with Crippen LogP contribution in [0.5, 0.6) is 0 Å². The largest absolute Gasteiger partial charge is 0.542 e. The van der Waals surface area contributed by atoms with Crippen LogP contribution in [-0.2, 0) is 29.3 Å². The number of rotatable bonds is 5. The molecule has 0 radical (unpaired) electrons. The van der Waals surface area contributed by atoms with E-state index in [1.54, 1.807) is 58.9 Å². The highest BCUT2D eigenvalue weighted by atomic mass is 17.5. The van der Waals surface area contributed by atoms with Gasteiger partial charge >= 0.3 is 12.1 Å². The molecule has 0 aliphatic heterocycles. The van der Waals surface area contributed by atoms with E-state index in [1.807, 2.05) is 26.8 Å². The molecule has 0 fully saturated rings. The molecule has 0 aliphatic carbocycles. The van der Waals surface area contributed by atoms with Gasteiger partial charge in [-0.3, -0.25) is 4.89 Å². The summed E-state index contributed by atoms with van der Waals surface area (Å²) in [5, 5.41) is 4.19. The van der Waals surface area contributed by atoms with Crippen LogP contribution < -0.4 is 0 Å². The zero-order valence-electron chi connectivity index (χ0n) is 17.2. The van der Waals surface area contributed by atoms with Gasteiger partial charge in [0.05, 0.1) is 17.3 Å². The van der Waals surface area contributed by atoms with E-state index in [1.165, 1.54) is 0 Å². The Hall–Kier alpha value is -2.16. The molecule has 154 valence electrons. The molecule has 0 N–H and O–H groups in total. The minimum absolute atomic E-state index is 0.245. The van der Waals surface area contributed by atoms with E-state index < -0.39 is 23.3 Å². The maximum absolute atomic E-state index is 11.3.